The summed E-state index contributed by atoms with van der Waals surface area (Å²) in [6.07, 6.45) is 1.88. The van der Waals surface area contributed by atoms with Gasteiger partial charge < -0.3 is 19.2 Å². The van der Waals surface area contributed by atoms with Gasteiger partial charge in [-0.25, -0.2) is 14.1 Å². The van der Waals surface area contributed by atoms with Crippen molar-refractivity contribution in [3.8, 4) is 0 Å². The molecule has 150 valence electrons. The molecule has 5 heterocycles. The predicted molar refractivity (Wildman–Crippen MR) is 101 cm³/mol. The zero-order valence-corrected chi connectivity index (χ0v) is 16.1. The fourth-order valence-electron chi connectivity index (χ4n) is 3.68. The second-order valence-corrected chi connectivity index (χ2v) is 7.69. The smallest absolute Gasteiger partial charge is 0.410 e. The first-order valence-electron chi connectivity index (χ1n) is 9.04. The Hall–Kier alpha value is -3.21. The molecule has 1 unspecified atom stereocenters. The van der Waals surface area contributed by atoms with E-state index >= 15 is 0 Å². The first-order chi connectivity index (χ1) is 14.0. The minimum atomic E-state index is -1.12. The van der Waals surface area contributed by atoms with Crippen LogP contribution in [0.25, 0.3) is 11.8 Å². The summed E-state index contributed by atoms with van der Waals surface area (Å²) in [4.78, 5) is 38.3. The lowest BCUT2D eigenvalue weighted by Crippen LogP contribution is -2.51. The Bertz CT molecular complexity index is 1130. The summed E-state index contributed by atoms with van der Waals surface area (Å²) < 4.78 is 12.6. The van der Waals surface area contributed by atoms with Crippen LogP contribution in [0.2, 0.25) is 0 Å². The maximum atomic E-state index is 12.3. The van der Waals surface area contributed by atoms with Crippen LogP contribution in [0.5, 0.6) is 0 Å². The van der Waals surface area contributed by atoms with E-state index in [2.05, 4.69) is 5.10 Å². The van der Waals surface area contributed by atoms with Crippen LogP contribution in [-0.4, -0.2) is 61.0 Å². The number of nitrogens with zero attached hydrogens (tertiary/aromatic N) is 4. The molecule has 10 nitrogen and oxygen atoms in total. The molecule has 1 N–H and O–H groups in total. The SMILES string of the molecule is CCOC(=O)N1CCc2c(oc3cc(C=C4C(=O)N5C(C(=O)O)=CSC45)nn23)C1. The second-order valence-electron chi connectivity index (χ2n) is 6.73. The third kappa shape index (κ3) is 2.64. The summed E-state index contributed by atoms with van der Waals surface area (Å²) >= 11 is 1.28. The largest absolute Gasteiger partial charge is 0.477 e. The highest BCUT2D eigenvalue weighted by molar-refractivity contribution is 8.03. The first-order valence-corrected chi connectivity index (χ1v) is 9.98. The molecule has 1 fully saturated rings. The molecule has 3 aliphatic rings. The van der Waals surface area contributed by atoms with E-state index in [0.29, 0.717) is 48.9 Å². The maximum absolute atomic E-state index is 12.3. The highest BCUT2D eigenvalue weighted by Gasteiger charge is 2.49. The van der Waals surface area contributed by atoms with E-state index in [1.165, 1.54) is 22.1 Å². The topological polar surface area (TPSA) is 118 Å². The Balaban J connectivity index is 1.38. The number of fused-ring (bicyclic) bond motifs is 4. The van der Waals surface area contributed by atoms with Gasteiger partial charge in [0, 0.05) is 24.4 Å². The number of hydrogen-bond donors (Lipinski definition) is 1. The summed E-state index contributed by atoms with van der Waals surface area (Å²) in [5, 5.41) is 14.8. The Morgan fingerprint density at radius 1 is 1.48 bits per heavy atom. The number of carbonyl (C=O) groups is 3. The molecule has 2 aromatic rings. The van der Waals surface area contributed by atoms with Gasteiger partial charge in [0.25, 0.3) is 5.91 Å². The predicted octanol–water partition coefficient (Wildman–Crippen LogP) is 1.67. The van der Waals surface area contributed by atoms with Gasteiger partial charge in [0.05, 0.1) is 30.1 Å². The second kappa shape index (κ2) is 6.41. The number of amides is 2. The highest BCUT2D eigenvalue weighted by Crippen LogP contribution is 2.45. The Morgan fingerprint density at radius 2 is 2.31 bits per heavy atom. The maximum Gasteiger partial charge on any atom is 0.410 e. The molecule has 5 rings (SSSR count). The minimum Gasteiger partial charge on any atom is -0.477 e. The molecule has 3 aliphatic heterocycles. The van der Waals surface area contributed by atoms with Crippen LogP contribution in [0.15, 0.2) is 27.2 Å². The molecular weight excluding hydrogens is 400 g/mol. The van der Waals surface area contributed by atoms with E-state index in [1.807, 2.05) is 0 Å². The Kier molecular flexibility index (Phi) is 3.95. The van der Waals surface area contributed by atoms with Gasteiger partial charge >= 0.3 is 12.1 Å². The van der Waals surface area contributed by atoms with Crippen LogP contribution in [0.4, 0.5) is 4.79 Å². The minimum absolute atomic E-state index is 0.000903. The number of ether oxygens (including phenoxy) is 1. The van der Waals surface area contributed by atoms with Gasteiger partial charge in [-0.2, -0.15) is 5.10 Å². The zero-order chi connectivity index (χ0) is 20.3. The van der Waals surface area contributed by atoms with Crippen LogP contribution in [-0.2, 0) is 27.3 Å². The third-order valence-corrected chi connectivity index (χ3v) is 6.12. The summed E-state index contributed by atoms with van der Waals surface area (Å²) in [5.74, 6) is -0.778. The number of β-lactam (4-membered cyclic amide) rings is 1. The van der Waals surface area contributed by atoms with Crippen LogP contribution < -0.4 is 0 Å². The molecule has 0 bridgehead atoms. The summed E-state index contributed by atoms with van der Waals surface area (Å²) in [6.45, 7) is 2.91. The van der Waals surface area contributed by atoms with Gasteiger partial charge in [0.2, 0.25) is 5.71 Å². The van der Waals surface area contributed by atoms with Crippen molar-refractivity contribution in [3.05, 3.63) is 39.9 Å². The molecule has 0 radical (unpaired) electrons. The van der Waals surface area contributed by atoms with Crippen molar-refractivity contribution in [3.63, 3.8) is 0 Å². The van der Waals surface area contributed by atoms with E-state index in [9.17, 15) is 14.4 Å². The van der Waals surface area contributed by atoms with Gasteiger partial charge in [0.15, 0.2) is 0 Å². The lowest BCUT2D eigenvalue weighted by Gasteiger charge is -2.36. The monoisotopic (exact) mass is 416 g/mol. The van der Waals surface area contributed by atoms with Crippen molar-refractivity contribution < 1.29 is 28.6 Å². The van der Waals surface area contributed by atoms with Crippen molar-refractivity contribution in [1.82, 2.24) is 19.4 Å². The average molecular weight is 416 g/mol. The van der Waals surface area contributed by atoms with E-state index < -0.39 is 5.97 Å². The van der Waals surface area contributed by atoms with E-state index in [-0.39, 0.29) is 23.1 Å². The third-order valence-electron chi connectivity index (χ3n) is 5.04. The van der Waals surface area contributed by atoms with Gasteiger partial charge in [-0.05, 0) is 13.0 Å². The zero-order valence-electron chi connectivity index (χ0n) is 15.3. The van der Waals surface area contributed by atoms with Crippen molar-refractivity contribution >= 4 is 41.5 Å². The molecule has 11 heteroatoms. The molecule has 2 aromatic heterocycles. The standard InChI is InChI=1S/C18H16N4O6S/c1-2-27-18(26)20-4-3-11-13(7-20)28-14-6-9(19-22(11)14)5-10-15(23)21-12(17(24)25)8-29-16(10)21/h5-6,8,16H,2-4,7H2,1H3,(H,24,25). The number of carbonyl (C=O) groups excluding carboxylic acids is 2. The highest BCUT2D eigenvalue weighted by atomic mass is 32.2. The molecular formula is C18H16N4O6S. The van der Waals surface area contributed by atoms with Crippen LogP contribution >= 0.6 is 11.8 Å². The average Bonchev–Trinajstić information content (AvgIpc) is 3.36. The normalized spacial score (nSPS) is 21.8. The molecule has 1 atom stereocenters. The Morgan fingerprint density at radius 3 is 3.07 bits per heavy atom. The number of carboxylic acid groups (broad SMARTS) is 1. The van der Waals surface area contributed by atoms with Gasteiger partial charge in [-0.3, -0.25) is 9.69 Å². The molecule has 0 spiro atoms. The fourth-order valence-corrected chi connectivity index (χ4v) is 4.80. The Labute approximate surface area is 168 Å². The van der Waals surface area contributed by atoms with Crippen molar-refractivity contribution in [2.75, 3.05) is 13.2 Å². The van der Waals surface area contributed by atoms with Gasteiger partial charge in [-0.15, -0.1) is 11.8 Å². The summed E-state index contributed by atoms with van der Waals surface area (Å²) in [7, 11) is 0. The fraction of sp³-hybridized carbons (Fsp3) is 0.333. The number of aromatic nitrogens is 2. The number of aliphatic carboxylic acids is 1. The van der Waals surface area contributed by atoms with Crippen molar-refractivity contribution in [2.24, 2.45) is 0 Å². The molecule has 1 saturated heterocycles. The van der Waals surface area contributed by atoms with Crippen LogP contribution in [0.1, 0.15) is 24.1 Å². The molecule has 0 aromatic carbocycles. The van der Waals surface area contributed by atoms with E-state index in [0.717, 1.165) is 5.69 Å². The molecule has 0 aliphatic carbocycles. The van der Waals surface area contributed by atoms with Crippen LogP contribution in [0.3, 0.4) is 0 Å². The number of carboxylic acids is 1. The number of hydrogen-bond acceptors (Lipinski definition) is 7. The molecule has 0 saturated carbocycles. The van der Waals surface area contributed by atoms with E-state index in [4.69, 9.17) is 14.3 Å². The lowest BCUT2D eigenvalue weighted by atomic mass is 10.0. The van der Waals surface area contributed by atoms with Crippen LogP contribution in [0, 0.1) is 0 Å². The van der Waals surface area contributed by atoms with E-state index in [1.54, 1.807) is 28.5 Å². The summed E-state index contributed by atoms with van der Waals surface area (Å²) in [5.41, 5.74) is 2.48. The first kappa shape index (κ1) is 17.9. The lowest BCUT2D eigenvalue weighted by molar-refractivity contribution is -0.141. The molecule has 29 heavy (non-hydrogen) atoms. The van der Waals surface area contributed by atoms with Gasteiger partial charge in [-0.1, -0.05) is 0 Å². The van der Waals surface area contributed by atoms with Crippen molar-refractivity contribution in [1.29, 1.82) is 0 Å². The number of oxazole rings is 1. The van der Waals surface area contributed by atoms with Crippen molar-refractivity contribution in [2.45, 2.75) is 25.3 Å². The number of rotatable bonds is 3. The molecule has 2 amide bonds. The number of thioether (sulfide) groups is 1. The quantitative estimate of drug-likeness (QED) is 0.593. The van der Waals surface area contributed by atoms with Gasteiger partial charge in [0.1, 0.15) is 16.8 Å². The summed E-state index contributed by atoms with van der Waals surface area (Å²) in [6, 6.07) is 1.72.